The third-order valence-corrected chi connectivity index (χ3v) is 6.95. The Labute approximate surface area is 174 Å². The Morgan fingerprint density at radius 1 is 1.24 bits per heavy atom. The van der Waals surface area contributed by atoms with Crippen LogP contribution in [0, 0.1) is 23.7 Å². The molecule has 1 saturated carbocycles. The summed E-state index contributed by atoms with van der Waals surface area (Å²) in [5, 5.41) is 0.750. The predicted molar refractivity (Wildman–Crippen MR) is 119 cm³/mol. The molecule has 1 aromatic carbocycles. The van der Waals surface area contributed by atoms with Crippen molar-refractivity contribution in [1.29, 1.82) is 0 Å². The van der Waals surface area contributed by atoms with Gasteiger partial charge in [-0.25, -0.2) is 0 Å². The van der Waals surface area contributed by atoms with Gasteiger partial charge in [0.15, 0.2) is 5.43 Å². The van der Waals surface area contributed by atoms with E-state index in [2.05, 4.69) is 39.6 Å². The largest absolute Gasteiger partial charge is 0.493 e. The first-order valence-corrected chi connectivity index (χ1v) is 11.2. The highest BCUT2D eigenvalue weighted by molar-refractivity contribution is 5.81. The van der Waals surface area contributed by atoms with Crippen LogP contribution in [0.4, 0.5) is 0 Å². The number of aromatic nitrogens is 1. The van der Waals surface area contributed by atoms with Crippen LogP contribution in [0.1, 0.15) is 65.1 Å². The second-order valence-electron chi connectivity index (χ2n) is 11.2. The minimum atomic E-state index is 0.171. The molecule has 3 atom stereocenters. The third kappa shape index (κ3) is 4.09. The second-order valence-corrected chi connectivity index (χ2v) is 11.2. The fraction of sp³-hybridized carbons (Fsp3) is 0.640. The zero-order valence-corrected chi connectivity index (χ0v) is 18.9. The van der Waals surface area contributed by atoms with Gasteiger partial charge >= 0.3 is 0 Å². The van der Waals surface area contributed by atoms with Gasteiger partial charge in [0.1, 0.15) is 12.3 Å². The van der Waals surface area contributed by atoms with E-state index in [0.717, 1.165) is 34.5 Å². The first kappa shape index (κ1) is 20.5. The maximum Gasteiger partial charge on any atom is 0.198 e. The highest BCUT2D eigenvalue weighted by Gasteiger charge is 2.52. The predicted octanol–water partition coefficient (Wildman–Crippen LogP) is 3.85. The standard InChI is InChI=1S/C25H36N2O2/c1-16(2)13-29-19-7-8-22-20(9-19)23(28)21(17(3)26-22)12-27-15-25(6)11-18(27)10-24(4,5)14-25/h7-9,16,18H,10-15H2,1-6H3,(H,26,28)/p+1/t18-,25-/m0/s1. The summed E-state index contributed by atoms with van der Waals surface area (Å²) in [6.45, 7) is 16.2. The van der Waals surface area contributed by atoms with E-state index in [-0.39, 0.29) is 5.43 Å². The molecule has 0 spiro atoms. The van der Waals surface area contributed by atoms with Gasteiger partial charge in [0.05, 0.1) is 24.8 Å². The van der Waals surface area contributed by atoms with Crippen LogP contribution in [0.3, 0.4) is 0 Å². The quantitative estimate of drug-likeness (QED) is 0.805. The lowest BCUT2D eigenvalue weighted by Gasteiger charge is -2.37. The molecular weight excluding hydrogens is 360 g/mol. The van der Waals surface area contributed by atoms with Crippen LogP contribution >= 0.6 is 0 Å². The number of quaternary nitrogens is 1. The summed E-state index contributed by atoms with van der Waals surface area (Å²) in [5.74, 6) is 1.24. The lowest BCUT2D eigenvalue weighted by molar-refractivity contribution is -0.928. The fourth-order valence-corrected chi connectivity index (χ4v) is 6.18. The molecule has 0 amide bonds. The minimum Gasteiger partial charge on any atom is -0.493 e. The summed E-state index contributed by atoms with van der Waals surface area (Å²) < 4.78 is 5.87. The van der Waals surface area contributed by atoms with Gasteiger partial charge < -0.3 is 14.6 Å². The first-order valence-electron chi connectivity index (χ1n) is 11.2. The van der Waals surface area contributed by atoms with E-state index >= 15 is 0 Å². The van der Waals surface area contributed by atoms with Crippen LogP contribution in [0.5, 0.6) is 5.75 Å². The first-order chi connectivity index (χ1) is 13.6. The number of fused-ring (bicyclic) bond motifs is 3. The van der Waals surface area contributed by atoms with E-state index in [1.807, 2.05) is 25.1 Å². The average molecular weight is 398 g/mol. The van der Waals surface area contributed by atoms with Crippen molar-refractivity contribution in [3.63, 3.8) is 0 Å². The molecule has 158 valence electrons. The number of H-pyrrole nitrogens is 1. The van der Waals surface area contributed by atoms with Crippen molar-refractivity contribution in [3.8, 4) is 5.75 Å². The molecule has 1 aliphatic carbocycles. The average Bonchev–Trinajstić information content (AvgIpc) is 2.85. The van der Waals surface area contributed by atoms with Crippen molar-refractivity contribution in [3.05, 3.63) is 39.7 Å². The topological polar surface area (TPSA) is 46.5 Å². The number of aromatic amines is 1. The SMILES string of the molecule is Cc1[nH]c2ccc(OCC(C)C)cc2c(=O)c1C[NH+]1C[C@@]2(C)C[C@@H]1CC(C)(C)C2. The number of benzene rings is 1. The molecule has 0 radical (unpaired) electrons. The lowest BCUT2D eigenvalue weighted by atomic mass is 9.65. The van der Waals surface area contributed by atoms with Crippen molar-refractivity contribution in [2.24, 2.45) is 16.7 Å². The normalized spacial score (nSPS) is 28.2. The van der Waals surface area contributed by atoms with Crippen LogP contribution in [-0.4, -0.2) is 24.2 Å². The van der Waals surface area contributed by atoms with Gasteiger partial charge in [0.2, 0.25) is 0 Å². The van der Waals surface area contributed by atoms with E-state index in [1.165, 1.54) is 25.8 Å². The molecular formula is C25H37N2O2+. The number of nitrogens with one attached hydrogen (secondary N) is 2. The van der Waals surface area contributed by atoms with Gasteiger partial charge in [0, 0.05) is 34.9 Å². The number of hydrogen-bond donors (Lipinski definition) is 2. The number of aryl methyl sites for hydroxylation is 1. The van der Waals surface area contributed by atoms with Crippen LogP contribution in [0.25, 0.3) is 10.9 Å². The fourth-order valence-electron chi connectivity index (χ4n) is 6.18. The Balaban J connectivity index is 1.64. The Hall–Kier alpha value is -1.81. The van der Waals surface area contributed by atoms with Crippen molar-refractivity contribution in [2.75, 3.05) is 13.2 Å². The smallest absolute Gasteiger partial charge is 0.198 e. The van der Waals surface area contributed by atoms with Crippen molar-refractivity contribution in [2.45, 2.75) is 73.4 Å². The zero-order valence-electron chi connectivity index (χ0n) is 18.9. The monoisotopic (exact) mass is 397 g/mol. The molecule has 4 nitrogen and oxygen atoms in total. The molecule has 2 bridgehead atoms. The van der Waals surface area contributed by atoms with Crippen LogP contribution in [0.15, 0.2) is 23.0 Å². The van der Waals surface area contributed by atoms with E-state index < -0.39 is 0 Å². The Kier molecular flexibility index (Phi) is 5.05. The van der Waals surface area contributed by atoms with Gasteiger partial charge in [0.25, 0.3) is 0 Å². The number of ether oxygens (including phenoxy) is 1. The van der Waals surface area contributed by atoms with Crippen molar-refractivity contribution >= 4 is 10.9 Å². The zero-order chi connectivity index (χ0) is 21.0. The minimum absolute atomic E-state index is 0.171. The molecule has 2 N–H and O–H groups in total. The highest BCUT2D eigenvalue weighted by atomic mass is 16.5. The van der Waals surface area contributed by atoms with Gasteiger partial charge in [-0.15, -0.1) is 0 Å². The Bertz CT molecular complexity index is 975. The maximum absolute atomic E-state index is 13.4. The molecule has 1 aromatic heterocycles. The molecule has 29 heavy (non-hydrogen) atoms. The summed E-state index contributed by atoms with van der Waals surface area (Å²) >= 11 is 0. The van der Waals surface area contributed by atoms with Crippen LogP contribution in [0.2, 0.25) is 0 Å². The second kappa shape index (κ2) is 7.16. The van der Waals surface area contributed by atoms with E-state index in [9.17, 15) is 4.79 Å². The summed E-state index contributed by atoms with van der Waals surface area (Å²) in [7, 11) is 0. The van der Waals surface area contributed by atoms with E-state index in [1.54, 1.807) is 4.90 Å². The van der Waals surface area contributed by atoms with Crippen molar-refractivity contribution in [1.82, 2.24) is 4.98 Å². The Morgan fingerprint density at radius 2 is 2.00 bits per heavy atom. The van der Waals surface area contributed by atoms with Crippen LogP contribution in [-0.2, 0) is 6.54 Å². The molecule has 1 aliphatic heterocycles. The van der Waals surface area contributed by atoms with Crippen molar-refractivity contribution < 1.29 is 9.64 Å². The third-order valence-electron chi connectivity index (χ3n) is 6.95. The van der Waals surface area contributed by atoms with E-state index in [0.29, 0.717) is 29.4 Å². The maximum atomic E-state index is 13.4. The number of likely N-dealkylation sites (tertiary alicyclic amines) is 1. The highest BCUT2D eigenvalue weighted by Crippen LogP contribution is 2.47. The van der Waals surface area contributed by atoms with Gasteiger partial charge in [-0.2, -0.15) is 0 Å². The molecule has 1 unspecified atom stereocenters. The van der Waals surface area contributed by atoms with Gasteiger partial charge in [-0.1, -0.05) is 34.6 Å². The Morgan fingerprint density at radius 3 is 2.72 bits per heavy atom. The molecule has 1 saturated heterocycles. The molecule has 4 rings (SSSR count). The summed E-state index contributed by atoms with van der Waals surface area (Å²) in [5.41, 5.74) is 3.85. The summed E-state index contributed by atoms with van der Waals surface area (Å²) in [6, 6.07) is 6.51. The number of pyridine rings is 1. The molecule has 2 fully saturated rings. The number of hydrogen-bond acceptors (Lipinski definition) is 2. The summed E-state index contributed by atoms with van der Waals surface area (Å²) in [6.07, 6.45) is 3.85. The van der Waals surface area contributed by atoms with Gasteiger partial charge in [-0.3, -0.25) is 4.79 Å². The van der Waals surface area contributed by atoms with Crippen LogP contribution < -0.4 is 15.1 Å². The number of rotatable bonds is 5. The molecule has 2 heterocycles. The van der Waals surface area contributed by atoms with Gasteiger partial charge in [-0.05, 0) is 42.9 Å². The molecule has 4 heteroatoms. The molecule has 2 aliphatic rings. The molecule has 2 aromatic rings. The lowest BCUT2D eigenvalue weighted by Crippen LogP contribution is -3.12. The van der Waals surface area contributed by atoms with E-state index in [4.69, 9.17) is 4.74 Å². The summed E-state index contributed by atoms with van der Waals surface area (Å²) in [4.78, 5) is 18.5.